The molecule has 0 aromatic carbocycles. The summed E-state index contributed by atoms with van der Waals surface area (Å²) < 4.78 is 34.4. The Morgan fingerprint density at radius 1 is 1.21 bits per heavy atom. The van der Waals surface area contributed by atoms with E-state index in [4.69, 9.17) is 4.74 Å². The summed E-state index contributed by atoms with van der Waals surface area (Å²) in [7, 11) is -3.37. The van der Waals surface area contributed by atoms with Crippen LogP contribution >= 0.6 is 0 Å². The lowest BCUT2D eigenvalue weighted by Gasteiger charge is -2.37. The van der Waals surface area contributed by atoms with E-state index in [9.17, 15) is 13.2 Å². The smallest absolute Gasteiger partial charge is 0.254 e. The summed E-state index contributed by atoms with van der Waals surface area (Å²) in [5.74, 6) is 0.630. The van der Waals surface area contributed by atoms with Gasteiger partial charge >= 0.3 is 0 Å². The number of aromatic nitrogens is 1. The van der Waals surface area contributed by atoms with Crippen LogP contribution in [0.4, 0.5) is 0 Å². The van der Waals surface area contributed by atoms with Gasteiger partial charge in [-0.3, -0.25) is 4.79 Å². The molecule has 0 spiro atoms. The van der Waals surface area contributed by atoms with Crippen molar-refractivity contribution in [2.24, 2.45) is 5.92 Å². The molecule has 156 valence electrons. The number of aryl methyl sites for hydroxylation is 2. The van der Waals surface area contributed by atoms with Crippen LogP contribution in [0, 0.1) is 12.8 Å². The highest BCUT2D eigenvalue weighted by atomic mass is 32.2. The van der Waals surface area contributed by atoms with Gasteiger partial charge in [-0.2, -0.15) is 0 Å². The summed E-state index contributed by atoms with van der Waals surface area (Å²) in [5.41, 5.74) is 1.57. The Bertz CT molecular complexity index is 867. The van der Waals surface area contributed by atoms with Gasteiger partial charge in [-0.05, 0) is 64.4 Å². The molecular weight excluding hydrogens is 376 g/mol. The van der Waals surface area contributed by atoms with Crippen LogP contribution in [0.2, 0.25) is 0 Å². The molecule has 2 aliphatic rings. The fourth-order valence-corrected chi connectivity index (χ4v) is 5.32. The highest BCUT2D eigenvalue weighted by Crippen LogP contribution is 2.30. The van der Waals surface area contributed by atoms with Crippen LogP contribution in [0.25, 0.3) is 0 Å². The Morgan fingerprint density at radius 2 is 1.93 bits per heavy atom. The van der Waals surface area contributed by atoms with E-state index >= 15 is 0 Å². The van der Waals surface area contributed by atoms with E-state index in [-0.39, 0.29) is 23.7 Å². The predicted molar refractivity (Wildman–Crippen MR) is 111 cm³/mol. The Hall–Kier alpha value is -1.44. The molecule has 1 saturated carbocycles. The van der Waals surface area contributed by atoms with Crippen LogP contribution in [-0.2, 0) is 21.2 Å². The summed E-state index contributed by atoms with van der Waals surface area (Å²) in [4.78, 5) is 12.8. The second-order valence-electron chi connectivity index (χ2n) is 8.18. The molecular formula is C21H32N2O4S. The van der Waals surface area contributed by atoms with Crippen LogP contribution in [0.3, 0.4) is 0 Å². The van der Waals surface area contributed by atoms with Crippen molar-refractivity contribution in [3.8, 4) is 0 Å². The number of allylic oxidation sites excluding steroid dienone is 2. The summed E-state index contributed by atoms with van der Waals surface area (Å²) >= 11 is 0. The quantitative estimate of drug-likeness (QED) is 0.734. The molecule has 3 rings (SSSR count). The number of hydrogen-bond donors (Lipinski definition) is 1. The van der Waals surface area contributed by atoms with Crippen molar-refractivity contribution in [3.05, 3.63) is 45.9 Å². The van der Waals surface area contributed by atoms with E-state index in [1.54, 1.807) is 11.5 Å². The lowest BCUT2D eigenvalue weighted by Crippen LogP contribution is -2.49. The first-order valence-electron chi connectivity index (χ1n) is 10.2. The third-order valence-corrected chi connectivity index (χ3v) is 6.68. The van der Waals surface area contributed by atoms with Gasteiger partial charge in [0.2, 0.25) is 10.0 Å². The topological polar surface area (TPSA) is 77.4 Å². The molecule has 0 bridgehead atoms. The first-order valence-corrected chi connectivity index (χ1v) is 12.1. The molecule has 0 radical (unpaired) electrons. The van der Waals surface area contributed by atoms with E-state index in [0.29, 0.717) is 30.9 Å². The number of ether oxygens (including phenoxy) is 1. The second kappa shape index (κ2) is 8.93. The molecule has 1 fully saturated rings. The third kappa shape index (κ3) is 5.13. The number of rotatable bonds is 6. The lowest BCUT2D eigenvalue weighted by atomic mass is 9.87. The molecule has 1 N–H and O–H groups in total. The minimum atomic E-state index is -3.37. The maximum Gasteiger partial charge on any atom is 0.254 e. The van der Waals surface area contributed by atoms with Crippen molar-refractivity contribution in [2.45, 2.75) is 70.6 Å². The minimum absolute atomic E-state index is 0.0529. The van der Waals surface area contributed by atoms with Gasteiger partial charge in [-0.15, -0.1) is 0 Å². The molecule has 1 aromatic heterocycles. The van der Waals surface area contributed by atoms with Crippen LogP contribution < -0.4 is 10.3 Å². The fourth-order valence-electron chi connectivity index (χ4n) is 4.49. The molecule has 2 heterocycles. The normalized spacial score (nSPS) is 28.4. The average molecular weight is 409 g/mol. The number of pyridine rings is 1. The van der Waals surface area contributed by atoms with Crippen molar-refractivity contribution in [3.63, 3.8) is 0 Å². The monoisotopic (exact) mass is 408 g/mol. The first-order chi connectivity index (χ1) is 13.3. The molecule has 0 unspecified atom stereocenters. The van der Waals surface area contributed by atoms with E-state index in [0.717, 1.165) is 31.4 Å². The van der Waals surface area contributed by atoms with Gasteiger partial charge in [-0.1, -0.05) is 18.2 Å². The highest BCUT2D eigenvalue weighted by molar-refractivity contribution is 7.88. The van der Waals surface area contributed by atoms with Gasteiger partial charge in [-0.25, -0.2) is 13.1 Å². The van der Waals surface area contributed by atoms with Crippen LogP contribution in [0.5, 0.6) is 0 Å². The maximum absolute atomic E-state index is 12.8. The molecule has 28 heavy (non-hydrogen) atoms. The van der Waals surface area contributed by atoms with Crippen molar-refractivity contribution in [1.29, 1.82) is 0 Å². The zero-order valence-electron chi connectivity index (χ0n) is 17.1. The van der Waals surface area contributed by atoms with Gasteiger partial charge in [0.15, 0.2) is 0 Å². The molecule has 2 atom stereocenters. The molecule has 0 saturated heterocycles. The van der Waals surface area contributed by atoms with E-state index in [2.05, 4.69) is 23.8 Å². The van der Waals surface area contributed by atoms with Gasteiger partial charge in [0.25, 0.3) is 5.56 Å². The van der Waals surface area contributed by atoms with Crippen molar-refractivity contribution in [1.82, 2.24) is 9.29 Å². The first kappa shape index (κ1) is 21.3. The zero-order valence-corrected chi connectivity index (χ0v) is 17.9. The Balaban J connectivity index is 1.77. The van der Waals surface area contributed by atoms with E-state index in [1.807, 2.05) is 12.1 Å². The highest BCUT2D eigenvalue weighted by Gasteiger charge is 2.33. The number of fused-ring (bicyclic) bond motifs is 1. The van der Waals surface area contributed by atoms with Gasteiger partial charge in [0, 0.05) is 17.3 Å². The minimum Gasteiger partial charge on any atom is -0.376 e. The van der Waals surface area contributed by atoms with Crippen molar-refractivity contribution < 1.29 is 13.2 Å². The summed E-state index contributed by atoms with van der Waals surface area (Å²) in [6.45, 7) is 4.20. The largest absolute Gasteiger partial charge is 0.376 e. The molecule has 7 heteroatoms. The lowest BCUT2D eigenvalue weighted by molar-refractivity contribution is -0.00354. The van der Waals surface area contributed by atoms with Gasteiger partial charge in [0.1, 0.15) is 0 Å². The summed E-state index contributed by atoms with van der Waals surface area (Å²) in [6.07, 6.45) is 11.3. The van der Waals surface area contributed by atoms with Crippen molar-refractivity contribution in [2.75, 3.05) is 12.9 Å². The van der Waals surface area contributed by atoms with Crippen LogP contribution in [0.1, 0.15) is 56.3 Å². The number of hydrogen-bond acceptors (Lipinski definition) is 4. The number of nitrogens with zero attached hydrogens (tertiary/aromatic N) is 1. The molecule has 1 aliphatic heterocycles. The predicted octanol–water partition coefficient (Wildman–Crippen LogP) is 2.71. The van der Waals surface area contributed by atoms with Crippen molar-refractivity contribution >= 4 is 10.0 Å². The Labute approximate surface area is 168 Å². The van der Waals surface area contributed by atoms with E-state index in [1.165, 1.54) is 6.26 Å². The summed E-state index contributed by atoms with van der Waals surface area (Å²) in [5, 5.41) is 0. The van der Waals surface area contributed by atoms with Gasteiger partial charge in [0.05, 0.1) is 25.0 Å². The second-order valence-corrected chi connectivity index (χ2v) is 9.96. The molecule has 1 aromatic rings. The fraction of sp³-hybridized carbons (Fsp3) is 0.667. The number of sulfonamides is 1. The molecule has 1 aliphatic carbocycles. The zero-order chi connectivity index (χ0) is 20.3. The Morgan fingerprint density at radius 3 is 2.57 bits per heavy atom. The Kier molecular flexibility index (Phi) is 6.78. The average Bonchev–Trinajstić information content (AvgIpc) is 2.64. The molecule has 6 nitrogen and oxygen atoms in total. The SMILES string of the molecule is C/C=C/C1CCC(OC[C@H]2[C@@H](NS(C)(=O)=O)CCc3ccc(C)c(=O)n32)CC1. The van der Waals surface area contributed by atoms with Crippen LogP contribution in [0.15, 0.2) is 29.1 Å². The van der Waals surface area contributed by atoms with Crippen LogP contribution in [-0.4, -0.2) is 38.0 Å². The molecule has 0 amide bonds. The van der Waals surface area contributed by atoms with Gasteiger partial charge < -0.3 is 9.30 Å². The number of nitrogens with one attached hydrogen (secondary N) is 1. The third-order valence-electron chi connectivity index (χ3n) is 5.95. The summed E-state index contributed by atoms with van der Waals surface area (Å²) in [6, 6.07) is 3.17. The van der Waals surface area contributed by atoms with E-state index < -0.39 is 10.0 Å². The maximum atomic E-state index is 12.8. The standard InChI is InChI=1S/C21H32N2O4S/c1-4-5-16-7-11-18(12-8-16)27-14-20-19(22-28(3,25)26)13-10-17-9-6-15(2)21(24)23(17)20/h4-6,9,16,18-20,22H,7-8,10-14H2,1-3H3/b5-4+/t16?,18?,19-,20-/m0/s1.